The van der Waals surface area contributed by atoms with Crippen LogP contribution in [-0.4, -0.2) is 33.9 Å². The number of amides is 1. The molecule has 1 aromatic rings. The number of nitrogens with one attached hydrogen (secondary N) is 1. The standard InChI is InChI=1S/C16H21ClF2N2O3/c1-15(2,3)21-14(23)24-11-6-9(7-11)13(22)16(18,19)12-8-10(17)4-5-20-12/h4-5,8-9,11,13,22H,6-7H2,1-3H3,(H,21,23)/t9?,11?,13-/m1/s1. The van der Waals surface area contributed by atoms with E-state index < -0.39 is 41.4 Å². The van der Waals surface area contributed by atoms with Crippen molar-refractivity contribution in [2.45, 2.75) is 57.3 Å². The molecule has 0 aromatic carbocycles. The predicted octanol–water partition coefficient (Wildman–Crippen LogP) is 3.49. The lowest BCUT2D eigenvalue weighted by molar-refractivity contribution is -0.168. The van der Waals surface area contributed by atoms with Crippen molar-refractivity contribution in [1.29, 1.82) is 0 Å². The SMILES string of the molecule is CC(C)(C)NC(=O)OC1CC([C@@H](O)C(F)(F)c2cc(Cl)ccn2)C1. The Morgan fingerprint density at radius 2 is 2.08 bits per heavy atom. The van der Waals surface area contributed by atoms with Crippen LogP contribution in [0.15, 0.2) is 18.3 Å². The minimum atomic E-state index is -3.52. The van der Waals surface area contributed by atoms with Crippen molar-refractivity contribution >= 4 is 17.7 Å². The highest BCUT2D eigenvalue weighted by atomic mass is 35.5. The van der Waals surface area contributed by atoms with E-state index in [-0.39, 0.29) is 17.9 Å². The van der Waals surface area contributed by atoms with E-state index in [9.17, 15) is 18.7 Å². The molecule has 1 saturated carbocycles. The summed E-state index contributed by atoms with van der Waals surface area (Å²) in [6.07, 6.45) is -1.46. The second kappa shape index (κ2) is 6.80. The van der Waals surface area contributed by atoms with E-state index in [1.165, 1.54) is 12.3 Å². The van der Waals surface area contributed by atoms with Crippen molar-refractivity contribution in [2.24, 2.45) is 5.92 Å². The van der Waals surface area contributed by atoms with Crippen LogP contribution in [0.3, 0.4) is 0 Å². The van der Waals surface area contributed by atoms with Crippen molar-refractivity contribution in [3.05, 3.63) is 29.0 Å². The van der Waals surface area contributed by atoms with Gasteiger partial charge in [-0.15, -0.1) is 0 Å². The van der Waals surface area contributed by atoms with Gasteiger partial charge in [0.25, 0.3) is 0 Å². The molecule has 24 heavy (non-hydrogen) atoms. The quantitative estimate of drug-likeness (QED) is 0.860. The molecule has 8 heteroatoms. The number of hydrogen-bond donors (Lipinski definition) is 2. The summed E-state index contributed by atoms with van der Waals surface area (Å²) < 4.78 is 33.8. The maximum Gasteiger partial charge on any atom is 0.407 e. The molecule has 0 unspecified atom stereocenters. The Labute approximate surface area is 144 Å². The molecule has 0 spiro atoms. The maximum absolute atomic E-state index is 14.3. The smallest absolute Gasteiger partial charge is 0.407 e. The van der Waals surface area contributed by atoms with Crippen LogP contribution in [0, 0.1) is 5.92 Å². The lowest BCUT2D eigenvalue weighted by Gasteiger charge is -2.40. The molecule has 1 heterocycles. The first-order valence-electron chi connectivity index (χ1n) is 7.66. The van der Waals surface area contributed by atoms with Gasteiger partial charge < -0.3 is 15.2 Å². The summed E-state index contributed by atoms with van der Waals surface area (Å²) in [4.78, 5) is 15.2. The van der Waals surface area contributed by atoms with Crippen molar-refractivity contribution in [2.75, 3.05) is 0 Å². The summed E-state index contributed by atoms with van der Waals surface area (Å²) in [6, 6.07) is 2.42. The first-order valence-corrected chi connectivity index (χ1v) is 8.03. The average molecular weight is 363 g/mol. The number of alkyl halides is 2. The first-order chi connectivity index (χ1) is 11.0. The van der Waals surface area contributed by atoms with Gasteiger partial charge in [-0.3, -0.25) is 4.98 Å². The predicted molar refractivity (Wildman–Crippen MR) is 85.0 cm³/mol. The molecule has 0 radical (unpaired) electrons. The van der Waals surface area contributed by atoms with E-state index in [1.807, 2.05) is 0 Å². The molecule has 5 nitrogen and oxygen atoms in total. The molecule has 1 aliphatic carbocycles. The Morgan fingerprint density at radius 1 is 1.46 bits per heavy atom. The van der Waals surface area contributed by atoms with Crippen molar-refractivity contribution in [3.63, 3.8) is 0 Å². The second-order valence-electron chi connectivity index (χ2n) is 7.06. The molecule has 2 rings (SSSR count). The molecule has 1 atom stereocenters. The minimum Gasteiger partial charge on any atom is -0.446 e. The number of hydrogen-bond acceptors (Lipinski definition) is 4. The molecule has 2 N–H and O–H groups in total. The fourth-order valence-electron chi connectivity index (χ4n) is 2.48. The zero-order valence-corrected chi connectivity index (χ0v) is 14.5. The Morgan fingerprint density at radius 3 is 2.62 bits per heavy atom. The number of alkyl carbamates (subject to hydrolysis) is 1. The molecule has 1 fully saturated rings. The number of carbonyl (C=O) groups is 1. The number of halogens is 3. The molecule has 134 valence electrons. The van der Waals surface area contributed by atoms with Crippen LogP contribution in [0.5, 0.6) is 0 Å². The second-order valence-corrected chi connectivity index (χ2v) is 7.50. The van der Waals surface area contributed by atoms with Gasteiger partial charge in [0.2, 0.25) is 0 Å². The highest BCUT2D eigenvalue weighted by Gasteiger charge is 2.50. The molecular formula is C16H21ClF2N2O3. The molecule has 1 aliphatic rings. The number of rotatable bonds is 4. The topological polar surface area (TPSA) is 71.5 Å². The van der Waals surface area contributed by atoms with E-state index in [0.29, 0.717) is 0 Å². The summed E-state index contributed by atoms with van der Waals surface area (Å²) >= 11 is 5.70. The molecule has 1 amide bonds. The highest BCUT2D eigenvalue weighted by molar-refractivity contribution is 6.30. The van der Waals surface area contributed by atoms with Gasteiger partial charge >= 0.3 is 12.0 Å². The summed E-state index contributed by atoms with van der Waals surface area (Å²) in [5.74, 6) is -4.19. The Bertz CT molecular complexity index is 601. The van der Waals surface area contributed by atoms with Crippen molar-refractivity contribution in [3.8, 4) is 0 Å². The summed E-state index contributed by atoms with van der Waals surface area (Å²) in [5, 5.41) is 12.7. The number of pyridine rings is 1. The third kappa shape index (κ3) is 4.54. The van der Waals surface area contributed by atoms with Gasteiger partial charge in [0, 0.05) is 16.8 Å². The Balaban J connectivity index is 1.89. The highest BCUT2D eigenvalue weighted by Crippen LogP contribution is 2.42. The number of aliphatic hydroxyl groups excluding tert-OH is 1. The van der Waals surface area contributed by atoms with E-state index in [0.717, 1.165) is 6.07 Å². The van der Waals surface area contributed by atoms with Crippen LogP contribution < -0.4 is 5.32 Å². The summed E-state index contributed by atoms with van der Waals surface area (Å²) in [7, 11) is 0. The zero-order valence-electron chi connectivity index (χ0n) is 13.7. The fourth-order valence-corrected chi connectivity index (χ4v) is 2.64. The van der Waals surface area contributed by atoms with Crippen LogP contribution in [-0.2, 0) is 10.7 Å². The third-order valence-corrected chi connectivity index (χ3v) is 4.00. The molecular weight excluding hydrogens is 342 g/mol. The van der Waals surface area contributed by atoms with Gasteiger partial charge in [0.05, 0.1) is 0 Å². The van der Waals surface area contributed by atoms with Gasteiger partial charge in [0.1, 0.15) is 17.9 Å². The van der Waals surface area contributed by atoms with Gasteiger partial charge in [0.15, 0.2) is 0 Å². The molecule has 0 saturated heterocycles. The van der Waals surface area contributed by atoms with Crippen LogP contribution in [0.25, 0.3) is 0 Å². The minimum absolute atomic E-state index is 0.126. The Hall–Kier alpha value is -1.47. The number of nitrogens with zero attached hydrogens (tertiary/aromatic N) is 1. The maximum atomic E-state index is 14.3. The van der Waals surface area contributed by atoms with Crippen LogP contribution >= 0.6 is 11.6 Å². The number of carbonyl (C=O) groups excluding carboxylic acids is 1. The Kier molecular flexibility index (Phi) is 5.34. The zero-order chi connectivity index (χ0) is 18.1. The number of ether oxygens (including phenoxy) is 1. The van der Waals surface area contributed by atoms with Crippen LogP contribution in [0.4, 0.5) is 13.6 Å². The van der Waals surface area contributed by atoms with Gasteiger partial charge in [-0.25, -0.2) is 4.79 Å². The van der Waals surface area contributed by atoms with Gasteiger partial charge in [-0.05, 0) is 51.7 Å². The van der Waals surface area contributed by atoms with Crippen LogP contribution in [0.2, 0.25) is 5.02 Å². The number of aromatic nitrogens is 1. The van der Waals surface area contributed by atoms with E-state index in [4.69, 9.17) is 16.3 Å². The van der Waals surface area contributed by atoms with Crippen molar-refractivity contribution < 1.29 is 23.4 Å². The fraction of sp³-hybridized carbons (Fsp3) is 0.625. The lowest BCUT2D eigenvalue weighted by atomic mass is 9.76. The monoisotopic (exact) mass is 362 g/mol. The molecule has 0 bridgehead atoms. The molecule has 1 aromatic heterocycles. The van der Waals surface area contributed by atoms with Gasteiger partial charge in [-0.2, -0.15) is 8.78 Å². The normalized spacial score (nSPS) is 22.5. The van der Waals surface area contributed by atoms with E-state index >= 15 is 0 Å². The number of aliphatic hydroxyl groups is 1. The van der Waals surface area contributed by atoms with Gasteiger partial charge in [-0.1, -0.05) is 11.6 Å². The first kappa shape index (κ1) is 18.9. The van der Waals surface area contributed by atoms with Crippen molar-refractivity contribution in [1.82, 2.24) is 10.3 Å². The lowest BCUT2D eigenvalue weighted by Crippen LogP contribution is -2.49. The summed E-state index contributed by atoms with van der Waals surface area (Å²) in [6.45, 7) is 5.42. The third-order valence-electron chi connectivity index (χ3n) is 3.76. The van der Waals surface area contributed by atoms with E-state index in [1.54, 1.807) is 20.8 Å². The largest absolute Gasteiger partial charge is 0.446 e. The van der Waals surface area contributed by atoms with E-state index in [2.05, 4.69) is 10.3 Å². The van der Waals surface area contributed by atoms with Crippen LogP contribution in [0.1, 0.15) is 39.3 Å². The average Bonchev–Trinajstić information content (AvgIpc) is 2.39. The summed E-state index contributed by atoms with van der Waals surface area (Å²) in [5.41, 5.74) is -1.01. The molecule has 0 aliphatic heterocycles.